The highest BCUT2D eigenvalue weighted by molar-refractivity contribution is 7.79. The van der Waals surface area contributed by atoms with E-state index in [1.807, 2.05) is 19.9 Å². The largest absolute Gasteiger partial charge is 0.768 e. The van der Waals surface area contributed by atoms with Gasteiger partial charge in [-0.15, -0.1) is 0 Å². The van der Waals surface area contributed by atoms with Crippen LogP contribution in [0.15, 0.2) is 83.8 Å². The van der Waals surface area contributed by atoms with E-state index in [2.05, 4.69) is 16.0 Å². The Morgan fingerprint density at radius 1 is 0.774 bits per heavy atom. The molecule has 0 aromatic heterocycles. The Labute approximate surface area is 182 Å². The minimum atomic E-state index is -2.33. The second kappa shape index (κ2) is 12.1. The van der Waals surface area contributed by atoms with Crippen LogP contribution in [0.25, 0.3) is 0 Å². The fourth-order valence-electron chi connectivity index (χ4n) is 2.36. The van der Waals surface area contributed by atoms with Crippen LogP contribution in [0, 0.1) is 0 Å². The Bertz CT molecular complexity index is 1030. The number of anilines is 3. The van der Waals surface area contributed by atoms with E-state index in [1.54, 1.807) is 48.5 Å². The Hall–Kier alpha value is -3.69. The van der Waals surface area contributed by atoms with E-state index in [1.165, 1.54) is 24.3 Å². The number of rotatable bonds is 5. The smallest absolute Gasteiger partial charge is 0.417 e. The standard InChI is InChI=1S/C20H17N3O5S.C2H6/c24-19(21-14-9-11-18(12-10-14)29(26)27)22-15-5-4-6-16(13-15)23-20(25)28-17-7-2-1-3-8-17;1-2/h1-13H,(H,23,25)(H,26,27)(H2,21,22,24);1-2H3/p-1. The highest BCUT2D eigenvalue weighted by Gasteiger charge is 2.07. The molecule has 0 aliphatic carbocycles. The number of hydrogen-bond acceptors (Lipinski definition) is 5. The van der Waals surface area contributed by atoms with Crippen molar-refractivity contribution in [3.8, 4) is 5.75 Å². The maximum absolute atomic E-state index is 12.1. The third-order valence-corrected chi connectivity index (χ3v) is 4.28. The van der Waals surface area contributed by atoms with E-state index in [4.69, 9.17) is 4.74 Å². The lowest BCUT2D eigenvalue weighted by Crippen LogP contribution is -2.20. The van der Waals surface area contributed by atoms with Crippen LogP contribution in [0.5, 0.6) is 5.75 Å². The number of hydrogen-bond donors (Lipinski definition) is 3. The summed E-state index contributed by atoms with van der Waals surface area (Å²) < 4.78 is 26.8. The molecule has 0 radical (unpaired) electrons. The topological polar surface area (TPSA) is 120 Å². The summed E-state index contributed by atoms with van der Waals surface area (Å²) in [5, 5.41) is 7.79. The molecule has 9 heteroatoms. The average Bonchev–Trinajstić information content (AvgIpc) is 2.76. The fraction of sp³-hybridized carbons (Fsp3) is 0.0909. The van der Waals surface area contributed by atoms with Gasteiger partial charge in [-0.25, -0.2) is 9.59 Å². The highest BCUT2D eigenvalue weighted by Crippen LogP contribution is 2.17. The number of urea groups is 1. The number of carbonyl (C=O) groups excluding carboxylic acids is 2. The van der Waals surface area contributed by atoms with Gasteiger partial charge in [-0.1, -0.05) is 38.1 Å². The molecule has 1 atom stereocenters. The summed E-state index contributed by atoms with van der Waals surface area (Å²) in [6.45, 7) is 4.00. The van der Waals surface area contributed by atoms with E-state index in [-0.39, 0.29) is 4.90 Å². The van der Waals surface area contributed by atoms with E-state index < -0.39 is 23.2 Å². The lowest BCUT2D eigenvalue weighted by molar-refractivity contribution is 0.215. The van der Waals surface area contributed by atoms with Crippen LogP contribution >= 0.6 is 0 Å². The number of benzene rings is 3. The van der Waals surface area contributed by atoms with Gasteiger partial charge in [0.05, 0.1) is 0 Å². The van der Waals surface area contributed by atoms with E-state index in [9.17, 15) is 18.4 Å². The molecule has 0 heterocycles. The molecule has 3 amide bonds. The van der Waals surface area contributed by atoms with Gasteiger partial charge in [0.15, 0.2) is 0 Å². The Kier molecular flexibility index (Phi) is 9.21. The lowest BCUT2D eigenvalue weighted by Gasteiger charge is -2.11. The summed E-state index contributed by atoms with van der Waals surface area (Å²) in [6.07, 6.45) is -0.659. The molecule has 0 saturated carbocycles. The summed E-state index contributed by atoms with van der Waals surface area (Å²) in [6, 6.07) is 20.3. The van der Waals surface area contributed by atoms with Crippen molar-refractivity contribution in [3.63, 3.8) is 0 Å². The van der Waals surface area contributed by atoms with Crippen LogP contribution in [-0.4, -0.2) is 20.9 Å². The molecule has 0 aliphatic rings. The number of ether oxygens (including phenoxy) is 1. The van der Waals surface area contributed by atoms with Crippen LogP contribution < -0.4 is 20.7 Å². The minimum Gasteiger partial charge on any atom is -0.768 e. The summed E-state index contributed by atoms with van der Waals surface area (Å²) >= 11 is -2.33. The van der Waals surface area contributed by atoms with E-state index in [0.717, 1.165) is 0 Å². The molecule has 0 bridgehead atoms. The first-order valence-corrected chi connectivity index (χ1v) is 10.5. The average molecular weight is 441 g/mol. The molecule has 3 rings (SSSR count). The van der Waals surface area contributed by atoms with Crippen molar-refractivity contribution in [1.29, 1.82) is 0 Å². The third-order valence-electron chi connectivity index (χ3n) is 3.63. The zero-order valence-corrected chi connectivity index (χ0v) is 17.8. The van der Waals surface area contributed by atoms with Gasteiger partial charge in [-0.3, -0.25) is 9.53 Å². The van der Waals surface area contributed by atoms with Crippen molar-refractivity contribution in [3.05, 3.63) is 78.9 Å². The van der Waals surface area contributed by atoms with Gasteiger partial charge < -0.3 is 19.9 Å². The van der Waals surface area contributed by atoms with Gasteiger partial charge >= 0.3 is 12.1 Å². The van der Waals surface area contributed by atoms with E-state index in [0.29, 0.717) is 22.8 Å². The van der Waals surface area contributed by atoms with Gasteiger partial charge in [0, 0.05) is 22.0 Å². The molecule has 0 spiro atoms. The third kappa shape index (κ3) is 7.92. The Morgan fingerprint density at radius 2 is 1.35 bits per heavy atom. The predicted octanol–water partition coefficient (Wildman–Crippen LogP) is 5.21. The summed E-state index contributed by atoms with van der Waals surface area (Å²) in [5.41, 5.74) is 1.31. The van der Waals surface area contributed by atoms with Gasteiger partial charge in [-0.05, 0) is 65.7 Å². The first-order chi connectivity index (χ1) is 15.0. The lowest BCUT2D eigenvalue weighted by atomic mass is 10.3. The van der Waals surface area contributed by atoms with Gasteiger partial charge in [0.1, 0.15) is 5.75 Å². The van der Waals surface area contributed by atoms with Crippen molar-refractivity contribution in [2.24, 2.45) is 0 Å². The second-order valence-corrected chi connectivity index (χ2v) is 6.69. The summed E-state index contributed by atoms with van der Waals surface area (Å²) in [5.74, 6) is 0.408. The molecule has 0 saturated heterocycles. The highest BCUT2D eigenvalue weighted by atomic mass is 32.2. The van der Waals surface area contributed by atoms with Gasteiger partial charge in [-0.2, -0.15) is 0 Å². The zero-order valence-electron chi connectivity index (χ0n) is 17.0. The first kappa shape index (κ1) is 23.6. The fourth-order valence-corrected chi connectivity index (χ4v) is 2.71. The number of carbonyl (C=O) groups is 2. The Morgan fingerprint density at radius 3 is 1.97 bits per heavy atom. The van der Waals surface area contributed by atoms with Crippen molar-refractivity contribution in [1.82, 2.24) is 0 Å². The van der Waals surface area contributed by atoms with Gasteiger partial charge in [0.2, 0.25) is 0 Å². The van der Waals surface area contributed by atoms with Gasteiger partial charge in [0.25, 0.3) is 0 Å². The predicted molar refractivity (Wildman–Crippen MR) is 120 cm³/mol. The maximum atomic E-state index is 12.1. The molecular weight excluding hydrogens is 418 g/mol. The van der Waals surface area contributed by atoms with Crippen LogP contribution in [0.3, 0.4) is 0 Å². The number of amides is 3. The monoisotopic (exact) mass is 440 g/mol. The molecule has 3 aromatic carbocycles. The number of nitrogens with one attached hydrogen (secondary N) is 3. The van der Waals surface area contributed by atoms with Crippen LogP contribution in [0.4, 0.5) is 26.7 Å². The van der Waals surface area contributed by atoms with Crippen molar-refractivity contribution in [2.45, 2.75) is 18.7 Å². The molecule has 8 nitrogen and oxygen atoms in total. The maximum Gasteiger partial charge on any atom is 0.417 e. The molecular formula is C22H22N3O5S-. The molecule has 31 heavy (non-hydrogen) atoms. The molecule has 1 unspecified atom stereocenters. The summed E-state index contributed by atoms with van der Waals surface area (Å²) in [4.78, 5) is 24.2. The van der Waals surface area contributed by atoms with Crippen LogP contribution in [0.2, 0.25) is 0 Å². The minimum absolute atomic E-state index is 0.122. The van der Waals surface area contributed by atoms with Crippen molar-refractivity contribution < 1.29 is 23.1 Å². The normalized spacial score (nSPS) is 10.7. The molecule has 3 aromatic rings. The van der Waals surface area contributed by atoms with Crippen molar-refractivity contribution in [2.75, 3.05) is 16.0 Å². The first-order valence-electron chi connectivity index (χ1n) is 9.41. The Balaban J connectivity index is 0.00000166. The molecule has 0 aliphatic heterocycles. The zero-order chi connectivity index (χ0) is 22.6. The molecule has 3 N–H and O–H groups in total. The van der Waals surface area contributed by atoms with Crippen LogP contribution in [-0.2, 0) is 11.1 Å². The molecule has 0 fully saturated rings. The summed E-state index contributed by atoms with van der Waals surface area (Å²) in [7, 11) is 0. The second-order valence-electron chi connectivity index (χ2n) is 5.75. The van der Waals surface area contributed by atoms with E-state index >= 15 is 0 Å². The van der Waals surface area contributed by atoms with Crippen molar-refractivity contribution >= 4 is 40.3 Å². The SMILES string of the molecule is CC.O=C(Nc1ccc(S(=O)[O-])cc1)Nc1cccc(NC(=O)Oc2ccccc2)c1. The number of para-hydroxylation sites is 1. The van der Waals surface area contributed by atoms with Crippen LogP contribution in [0.1, 0.15) is 13.8 Å². The molecule has 162 valence electrons. The quantitative estimate of drug-likeness (QED) is 0.471.